The zero-order valence-electron chi connectivity index (χ0n) is 16.4. The maximum Gasteiger partial charge on any atom is 0.295 e. The Kier molecular flexibility index (Phi) is 5.98. The minimum atomic E-state index is -0.222. The van der Waals surface area contributed by atoms with Crippen LogP contribution in [0, 0.1) is 0 Å². The highest BCUT2D eigenvalue weighted by atomic mass is 32.1. The molecule has 1 aromatic carbocycles. The number of carbonyl (C=O) groups is 1. The normalized spacial score (nSPS) is 14.8. The Bertz CT molecular complexity index is 925. The summed E-state index contributed by atoms with van der Waals surface area (Å²) in [5.74, 6) is 1.40. The third kappa shape index (κ3) is 4.07. The van der Waals surface area contributed by atoms with Crippen molar-refractivity contribution < 1.29 is 23.4 Å². The van der Waals surface area contributed by atoms with Gasteiger partial charge in [0.25, 0.3) is 5.91 Å². The number of morpholine rings is 1. The van der Waals surface area contributed by atoms with E-state index in [9.17, 15) is 4.79 Å². The van der Waals surface area contributed by atoms with E-state index in [1.165, 1.54) is 17.6 Å². The zero-order chi connectivity index (χ0) is 20.2. The Hall–Kier alpha value is -2.62. The Labute approximate surface area is 172 Å². The monoisotopic (exact) mass is 417 g/mol. The highest BCUT2D eigenvalue weighted by Crippen LogP contribution is 2.40. The van der Waals surface area contributed by atoms with Crippen LogP contribution in [0.1, 0.15) is 10.6 Å². The molecule has 0 radical (unpaired) electrons. The average Bonchev–Trinajstić information content (AvgIpc) is 3.44. The van der Waals surface area contributed by atoms with Crippen LogP contribution in [-0.4, -0.2) is 69.4 Å². The van der Waals surface area contributed by atoms with Gasteiger partial charge in [0.2, 0.25) is 0 Å². The van der Waals surface area contributed by atoms with Crippen LogP contribution in [0.25, 0.3) is 10.2 Å². The minimum absolute atomic E-state index is 0.222. The molecule has 4 rings (SSSR count). The van der Waals surface area contributed by atoms with E-state index < -0.39 is 0 Å². The van der Waals surface area contributed by atoms with E-state index in [0.717, 1.165) is 24.3 Å². The summed E-state index contributed by atoms with van der Waals surface area (Å²) in [7, 11) is 3.22. The number of methoxy groups -OCH3 is 2. The number of amides is 1. The van der Waals surface area contributed by atoms with Crippen molar-refractivity contribution in [3.8, 4) is 11.5 Å². The van der Waals surface area contributed by atoms with Gasteiger partial charge in [0.1, 0.15) is 21.7 Å². The predicted molar refractivity (Wildman–Crippen MR) is 110 cm³/mol. The molecular formula is C20H23N3O5S. The molecule has 0 unspecified atom stereocenters. The number of hydrogen-bond acceptors (Lipinski definition) is 8. The molecule has 0 spiro atoms. The van der Waals surface area contributed by atoms with Crippen molar-refractivity contribution in [1.82, 2.24) is 9.88 Å². The van der Waals surface area contributed by atoms with Crippen LogP contribution in [0.5, 0.6) is 11.5 Å². The van der Waals surface area contributed by atoms with Crippen molar-refractivity contribution in [1.29, 1.82) is 0 Å². The summed E-state index contributed by atoms with van der Waals surface area (Å²) in [6.45, 7) is 4.34. The number of benzene rings is 1. The van der Waals surface area contributed by atoms with E-state index >= 15 is 0 Å². The SMILES string of the molecule is COc1ccc(OC)c2sc(N(CCN3CCOCC3)C(=O)c3ccco3)nc12. The van der Waals surface area contributed by atoms with E-state index in [1.807, 2.05) is 12.1 Å². The fourth-order valence-electron chi connectivity index (χ4n) is 3.27. The lowest BCUT2D eigenvalue weighted by Crippen LogP contribution is -2.43. The Morgan fingerprint density at radius 2 is 1.97 bits per heavy atom. The number of fused-ring (bicyclic) bond motifs is 1. The topological polar surface area (TPSA) is 77.3 Å². The molecule has 0 N–H and O–H groups in total. The van der Waals surface area contributed by atoms with Crippen LogP contribution in [0.4, 0.5) is 5.13 Å². The van der Waals surface area contributed by atoms with Crippen LogP contribution in [0.3, 0.4) is 0 Å². The first-order valence-corrected chi connectivity index (χ1v) is 10.2. The molecule has 154 valence electrons. The van der Waals surface area contributed by atoms with E-state index in [0.29, 0.717) is 41.9 Å². The number of nitrogens with zero attached hydrogens (tertiary/aromatic N) is 3. The summed E-state index contributed by atoms with van der Waals surface area (Å²) >= 11 is 1.40. The van der Waals surface area contributed by atoms with Gasteiger partial charge in [0.15, 0.2) is 10.9 Å². The highest BCUT2D eigenvalue weighted by Gasteiger charge is 2.26. The van der Waals surface area contributed by atoms with Crippen molar-refractivity contribution in [3.05, 3.63) is 36.3 Å². The van der Waals surface area contributed by atoms with Crippen LogP contribution in [0.15, 0.2) is 34.9 Å². The number of carbonyl (C=O) groups excluding carboxylic acids is 1. The van der Waals surface area contributed by atoms with Crippen molar-refractivity contribution in [2.45, 2.75) is 0 Å². The lowest BCUT2D eigenvalue weighted by atomic mass is 10.3. The highest BCUT2D eigenvalue weighted by molar-refractivity contribution is 7.22. The molecule has 1 fully saturated rings. The van der Waals surface area contributed by atoms with Gasteiger partial charge >= 0.3 is 0 Å². The second kappa shape index (κ2) is 8.81. The fraction of sp³-hybridized carbons (Fsp3) is 0.400. The Balaban J connectivity index is 1.68. The summed E-state index contributed by atoms with van der Waals surface area (Å²) in [4.78, 5) is 21.8. The van der Waals surface area contributed by atoms with Gasteiger partial charge in [-0.05, 0) is 24.3 Å². The minimum Gasteiger partial charge on any atom is -0.495 e. The first kappa shape index (κ1) is 19.7. The van der Waals surface area contributed by atoms with E-state index in [1.54, 1.807) is 31.3 Å². The van der Waals surface area contributed by atoms with Crippen LogP contribution < -0.4 is 14.4 Å². The van der Waals surface area contributed by atoms with E-state index in [4.69, 9.17) is 23.6 Å². The summed E-state index contributed by atoms with van der Waals surface area (Å²) in [6, 6.07) is 7.03. The van der Waals surface area contributed by atoms with Crippen molar-refractivity contribution in [2.24, 2.45) is 0 Å². The molecule has 3 heterocycles. The lowest BCUT2D eigenvalue weighted by Gasteiger charge is -2.28. The number of ether oxygens (including phenoxy) is 3. The standard InChI is InChI=1S/C20H23N3O5S/c1-25-14-5-6-15(26-2)18-17(14)21-20(29-18)23(19(24)16-4-3-11-28-16)8-7-22-9-12-27-13-10-22/h3-6,11H,7-10,12-13H2,1-2H3. The Morgan fingerprint density at radius 3 is 2.66 bits per heavy atom. The quantitative estimate of drug-likeness (QED) is 0.585. The molecule has 1 amide bonds. The van der Waals surface area contributed by atoms with Gasteiger partial charge in [-0.25, -0.2) is 4.98 Å². The molecule has 0 atom stereocenters. The molecule has 2 aromatic heterocycles. The molecule has 29 heavy (non-hydrogen) atoms. The Morgan fingerprint density at radius 1 is 1.21 bits per heavy atom. The van der Waals surface area contributed by atoms with Crippen molar-refractivity contribution in [2.75, 3.05) is 58.5 Å². The van der Waals surface area contributed by atoms with E-state index in [-0.39, 0.29) is 11.7 Å². The van der Waals surface area contributed by atoms with Crippen molar-refractivity contribution in [3.63, 3.8) is 0 Å². The molecule has 3 aromatic rings. The second-order valence-electron chi connectivity index (χ2n) is 6.53. The zero-order valence-corrected chi connectivity index (χ0v) is 17.2. The second-order valence-corrected chi connectivity index (χ2v) is 7.51. The summed E-state index contributed by atoms with van der Waals surface area (Å²) < 4.78 is 22.5. The molecule has 9 heteroatoms. The van der Waals surface area contributed by atoms with Gasteiger partial charge in [0.05, 0.1) is 33.7 Å². The van der Waals surface area contributed by atoms with Gasteiger partial charge in [-0.1, -0.05) is 11.3 Å². The van der Waals surface area contributed by atoms with Gasteiger partial charge < -0.3 is 18.6 Å². The summed E-state index contributed by atoms with van der Waals surface area (Å²) in [6.07, 6.45) is 1.50. The average molecular weight is 417 g/mol. The number of hydrogen-bond donors (Lipinski definition) is 0. The summed E-state index contributed by atoms with van der Waals surface area (Å²) in [5, 5.41) is 0.581. The van der Waals surface area contributed by atoms with Gasteiger partial charge in [-0.2, -0.15) is 0 Å². The third-order valence-corrected chi connectivity index (χ3v) is 5.94. The predicted octanol–water partition coefficient (Wildman–Crippen LogP) is 2.89. The molecule has 1 saturated heterocycles. The third-order valence-electron chi connectivity index (χ3n) is 4.85. The number of furan rings is 1. The number of rotatable bonds is 7. The maximum absolute atomic E-state index is 13.2. The van der Waals surface area contributed by atoms with Gasteiger partial charge in [0, 0.05) is 26.2 Å². The summed E-state index contributed by atoms with van der Waals surface area (Å²) in [5.41, 5.74) is 0.676. The maximum atomic E-state index is 13.2. The molecular weight excluding hydrogens is 394 g/mol. The first-order valence-electron chi connectivity index (χ1n) is 9.38. The van der Waals surface area contributed by atoms with Gasteiger partial charge in [-0.15, -0.1) is 0 Å². The lowest BCUT2D eigenvalue weighted by molar-refractivity contribution is 0.0390. The van der Waals surface area contributed by atoms with Crippen LogP contribution in [-0.2, 0) is 4.74 Å². The van der Waals surface area contributed by atoms with E-state index in [2.05, 4.69) is 4.90 Å². The molecule has 1 aliphatic rings. The largest absolute Gasteiger partial charge is 0.495 e. The molecule has 0 bridgehead atoms. The first-order chi connectivity index (χ1) is 14.2. The molecule has 0 saturated carbocycles. The number of aromatic nitrogens is 1. The molecule has 8 nitrogen and oxygen atoms in total. The van der Waals surface area contributed by atoms with Crippen LogP contribution in [0.2, 0.25) is 0 Å². The van der Waals surface area contributed by atoms with Crippen molar-refractivity contribution >= 4 is 32.6 Å². The smallest absolute Gasteiger partial charge is 0.295 e. The number of anilines is 1. The molecule has 1 aliphatic heterocycles. The molecule has 0 aliphatic carbocycles. The van der Waals surface area contributed by atoms with Gasteiger partial charge in [-0.3, -0.25) is 14.6 Å². The van der Waals surface area contributed by atoms with Crippen LogP contribution >= 0.6 is 11.3 Å². The fourth-order valence-corrected chi connectivity index (χ4v) is 4.37. The number of thiazole rings is 1.